The van der Waals surface area contributed by atoms with Crippen molar-refractivity contribution in [1.82, 2.24) is 0 Å². The quantitative estimate of drug-likeness (QED) is 0.0113. The number of hydrogen-bond acceptors (Lipinski definition) is 26. The van der Waals surface area contributed by atoms with E-state index in [0.717, 1.165) is 0 Å². The van der Waals surface area contributed by atoms with Crippen LogP contribution < -0.4 is 0 Å². The number of ether oxygens (including phenoxy) is 11. The summed E-state index contributed by atoms with van der Waals surface area (Å²) in [4.78, 5) is 112. The monoisotopic (exact) mass is 1280 g/mol. The molecule has 0 spiro atoms. The summed E-state index contributed by atoms with van der Waals surface area (Å²) in [5, 5.41) is 30.0. The molecule has 2 fully saturated rings. The SMILES string of the molecule is C[C@@H](CCO)O[C@@H]1O[C@H](COC(=O)C[C@H](C)O[C@@H]2O[C@H](CO[Si](C)(C)C(C)(C)C)[C@@H](OC(=O)CCCN=[N+]=[N-])[C@H](OC(=O)CCCN=[N+]=[N-])[C@H]2OC(=O)CCCN=[N+]=[N-])[C@@H](OC(=O)CCCN=[N+]=[N-])[C@H](OC(=O)CCCN=[N+]=[N-])[C@H]1OC(=O)CCCN=[N+]=[N-]. The number of carbonyl (C=O) groups is 7. The lowest BCUT2D eigenvalue weighted by Gasteiger charge is -2.46. The molecule has 0 bridgehead atoms. The van der Waals surface area contributed by atoms with Crippen LogP contribution in [0.3, 0.4) is 0 Å². The van der Waals surface area contributed by atoms with Crippen LogP contribution in [0.1, 0.15) is 125 Å². The van der Waals surface area contributed by atoms with Gasteiger partial charge < -0.3 is 61.6 Å². The zero-order valence-corrected chi connectivity index (χ0v) is 51.9. The molecule has 0 amide bonds. The Balaban J connectivity index is 2.78. The standard InChI is InChI=1S/C50H80N18O20Si/c1-31(20-27-69)79-48-46(87-39(74)18-12-25-61-67-55)44(85-37(72)16-10-23-59-65-53)42(83-35(70)14-8-21-57-63-51)33(81-48)29-77-41(76)28-32(2)80-49-47(88-40(75)19-13-26-62-68-56)45(86-38(73)17-11-24-60-66-54)43(84-36(71)15-9-22-58-64-52)34(82-49)30-78-89(6,7)50(3,4)5/h31-34,42-49,69H,8-30H2,1-7H3/t31-,32-,33+,34+,42+,43+,44-,45-,46+,47+,48+,49+/m0/s1. The van der Waals surface area contributed by atoms with E-state index in [0.29, 0.717) is 0 Å². The molecule has 89 heavy (non-hydrogen) atoms. The summed E-state index contributed by atoms with van der Waals surface area (Å²) < 4.78 is 73.0. The number of aliphatic hydroxyl groups is 1. The summed E-state index contributed by atoms with van der Waals surface area (Å²) in [6.45, 7) is 10.4. The lowest BCUT2D eigenvalue weighted by Crippen LogP contribution is -2.64. The summed E-state index contributed by atoms with van der Waals surface area (Å²) in [6, 6.07) is 0. The van der Waals surface area contributed by atoms with Gasteiger partial charge in [-0.25, -0.2) is 0 Å². The molecule has 0 radical (unpaired) electrons. The molecule has 0 saturated carbocycles. The van der Waals surface area contributed by atoms with Gasteiger partial charge in [0.1, 0.15) is 18.8 Å². The minimum atomic E-state index is -2.69. The van der Waals surface area contributed by atoms with E-state index in [1.807, 2.05) is 33.9 Å². The van der Waals surface area contributed by atoms with Crippen molar-refractivity contribution < 1.29 is 95.2 Å². The van der Waals surface area contributed by atoms with E-state index in [2.05, 4.69) is 60.2 Å². The van der Waals surface area contributed by atoms with Crippen molar-refractivity contribution in [2.45, 2.75) is 216 Å². The van der Waals surface area contributed by atoms with Crippen LogP contribution in [0.4, 0.5) is 0 Å². The smallest absolute Gasteiger partial charge is 0.308 e. The summed E-state index contributed by atoms with van der Waals surface area (Å²) >= 11 is 0. The molecule has 39 heteroatoms. The third-order valence-electron chi connectivity index (χ3n) is 13.5. The Labute approximate surface area is 512 Å². The normalized spacial score (nSPS) is 21.9. The molecule has 0 aromatic rings. The van der Waals surface area contributed by atoms with Crippen LogP contribution in [-0.2, 0) is 90.1 Å². The highest BCUT2D eigenvalue weighted by Crippen LogP contribution is 2.39. The van der Waals surface area contributed by atoms with Crippen LogP contribution in [0.5, 0.6) is 0 Å². The van der Waals surface area contributed by atoms with E-state index in [9.17, 15) is 38.7 Å². The second-order valence-electron chi connectivity index (χ2n) is 21.5. The minimum absolute atomic E-state index is 0.00171. The summed E-state index contributed by atoms with van der Waals surface area (Å²) in [7, 11) is -2.69. The predicted octanol–water partition coefficient (Wildman–Crippen LogP) is 8.60. The number of hydrogen-bond donors (Lipinski definition) is 1. The number of azide groups is 6. The molecule has 2 heterocycles. The van der Waals surface area contributed by atoms with E-state index >= 15 is 0 Å². The Morgan fingerprint density at radius 3 is 1.06 bits per heavy atom. The maximum atomic E-state index is 14.1. The van der Waals surface area contributed by atoms with Gasteiger partial charge in [0, 0.05) is 114 Å². The predicted molar refractivity (Wildman–Crippen MR) is 308 cm³/mol. The number of rotatable bonds is 43. The van der Waals surface area contributed by atoms with Gasteiger partial charge in [-0.05, 0) is 110 Å². The molecular formula is C50H80N18O20Si. The second kappa shape index (κ2) is 42.9. The van der Waals surface area contributed by atoms with Gasteiger partial charge in [-0.2, -0.15) is 0 Å². The van der Waals surface area contributed by atoms with Crippen molar-refractivity contribution in [2.24, 2.45) is 30.7 Å². The van der Waals surface area contributed by atoms with Gasteiger partial charge in [0.2, 0.25) is 0 Å². The van der Waals surface area contributed by atoms with Crippen molar-refractivity contribution in [3.8, 4) is 0 Å². The first-order chi connectivity index (χ1) is 42.5. The fourth-order valence-corrected chi connectivity index (χ4v) is 9.09. The lowest BCUT2D eigenvalue weighted by atomic mass is 9.97. The van der Waals surface area contributed by atoms with Gasteiger partial charge >= 0.3 is 41.8 Å². The molecule has 2 aliphatic heterocycles. The van der Waals surface area contributed by atoms with Gasteiger partial charge in [-0.3, -0.25) is 33.6 Å². The third kappa shape index (κ3) is 30.3. The highest BCUT2D eigenvalue weighted by Gasteiger charge is 2.56. The maximum Gasteiger partial charge on any atom is 0.308 e. The van der Waals surface area contributed by atoms with Crippen molar-refractivity contribution in [1.29, 1.82) is 0 Å². The van der Waals surface area contributed by atoms with E-state index in [1.54, 1.807) is 0 Å². The van der Waals surface area contributed by atoms with Crippen molar-refractivity contribution in [3.05, 3.63) is 62.7 Å². The lowest BCUT2D eigenvalue weighted by molar-refractivity contribution is -0.318. The van der Waals surface area contributed by atoms with Crippen LogP contribution in [0.15, 0.2) is 30.7 Å². The number of carbonyl (C=O) groups excluding carboxylic acids is 7. The molecule has 494 valence electrons. The summed E-state index contributed by atoms with van der Waals surface area (Å²) in [6.07, 6.45) is -21.8. The number of nitrogens with zero attached hydrogens (tertiary/aromatic N) is 18. The fraction of sp³-hybridized carbons (Fsp3) is 0.860. The molecule has 12 atom stereocenters. The zero-order valence-electron chi connectivity index (χ0n) is 50.9. The van der Waals surface area contributed by atoms with Crippen LogP contribution >= 0.6 is 0 Å². The Morgan fingerprint density at radius 2 is 0.753 bits per heavy atom. The molecule has 0 aliphatic carbocycles. The topological polar surface area (TPSA) is 543 Å². The first kappa shape index (κ1) is 77.2. The van der Waals surface area contributed by atoms with Gasteiger partial charge in [0.25, 0.3) is 0 Å². The van der Waals surface area contributed by atoms with Gasteiger partial charge in [-0.15, -0.1) is 0 Å². The van der Waals surface area contributed by atoms with E-state index < -0.39 is 137 Å². The molecule has 0 unspecified atom stereocenters. The van der Waals surface area contributed by atoms with Crippen LogP contribution in [-0.4, -0.2) is 188 Å². The Bertz CT molecular complexity index is 2600. The minimum Gasteiger partial charge on any atom is -0.463 e. The highest BCUT2D eigenvalue weighted by molar-refractivity contribution is 6.74. The molecule has 0 aromatic carbocycles. The summed E-state index contributed by atoms with van der Waals surface area (Å²) in [5.74, 6) is -6.64. The van der Waals surface area contributed by atoms with Crippen molar-refractivity contribution in [2.75, 3.05) is 59.1 Å². The first-order valence-corrected chi connectivity index (χ1v) is 31.6. The average molecular weight is 1280 g/mol. The van der Waals surface area contributed by atoms with Crippen molar-refractivity contribution >= 4 is 50.1 Å². The average Bonchev–Trinajstić information content (AvgIpc) is 1.59. The molecule has 1 N–H and O–H groups in total. The number of aliphatic hydroxyl groups excluding tert-OH is 1. The maximum absolute atomic E-state index is 14.1. The molecule has 2 saturated heterocycles. The largest absolute Gasteiger partial charge is 0.463 e. The molecule has 2 aliphatic rings. The van der Waals surface area contributed by atoms with Gasteiger partial charge in [0.05, 0.1) is 25.2 Å². The molecule has 2 rings (SSSR count). The second-order valence-corrected chi connectivity index (χ2v) is 26.3. The first-order valence-electron chi connectivity index (χ1n) is 28.7. The van der Waals surface area contributed by atoms with E-state index in [1.165, 1.54) is 13.8 Å². The third-order valence-corrected chi connectivity index (χ3v) is 18.0. The Morgan fingerprint density at radius 1 is 0.461 bits per heavy atom. The molecule has 0 aromatic heterocycles. The van der Waals surface area contributed by atoms with E-state index in [-0.39, 0.29) is 141 Å². The Kier molecular flexibility index (Phi) is 37.2. The van der Waals surface area contributed by atoms with Crippen LogP contribution in [0, 0.1) is 0 Å². The Hall–Kier alpha value is -7.87. The zero-order chi connectivity index (χ0) is 66.2. The molecular weight excluding hydrogens is 1200 g/mol. The van der Waals surface area contributed by atoms with Crippen LogP contribution in [0.2, 0.25) is 18.1 Å². The molecule has 38 nitrogen and oxygen atoms in total. The number of esters is 7. The van der Waals surface area contributed by atoms with Gasteiger partial charge in [0.15, 0.2) is 57.5 Å². The highest BCUT2D eigenvalue weighted by atomic mass is 28.4. The van der Waals surface area contributed by atoms with E-state index in [4.69, 9.17) is 89.7 Å². The fourth-order valence-electron chi connectivity index (χ4n) is 8.08. The van der Waals surface area contributed by atoms with Gasteiger partial charge in [-0.1, -0.05) is 51.5 Å². The van der Waals surface area contributed by atoms with Crippen LogP contribution in [0.25, 0.3) is 62.7 Å². The summed E-state index contributed by atoms with van der Waals surface area (Å²) in [5.41, 5.74) is 52.9. The van der Waals surface area contributed by atoms with Crippen molar-refractivity contribution in [3.63, 3.8) is 0 Å².